The van der Waals surface area contributed by atoms with Gasteiger partial charge in [0, 0.05) is 19.7 Å². The Kier molecular flexibility index (Phi) is 4.86. The number of nitrogens with one attached hydrogen (secondary N) is 1. The lowest BCUT2D eigenvalue weighted by Gasteiger charge is -2.08. The summed E-state index contributed by atoms with van der Waals surface area (Å²) in [6.07, 6.45) is 0. The van der Waals surface area contributed by atoms with Gasteiger partial charge >= 0.3 is 0 Å². The van der Waals surface area contributed by atoms with Crippen molar-refractivity contribution in [3.63, 3.8) is 0 Å². The van der Waals surface area contributed by atoms with E-state index in [9.17, 15) is 0 Å². The first-order valence-electron chi connectivity index (χ1n) is 5.00. The first kappa shape index (κ1) is 13.9. The quantitative estimate of drug-likeness (QED) is 0.871. The Hall–Kier alpha value is -1.17. The molecule has 2 aromatic rings. The molecule has 1 aromatic carbocycles. The number of nitrogens with zero attached hydrogens (tertiary/aromatic N) is 3. The third kappa shape index (κ3) is 3.39. The van der Waals surface area contributed by atoms with Crippen molar-refractivity contribution in [3.05, 3.63) is 29.8 Å². The lowest BCUT2D eigenvalue weighted by atomic mass is 10.1. The van der Waals surface area contributed by atoms with Crippen molar-refractivity contribution in [2.75, 3.05) is 19.5 Å². The second-order valence-electron chi connectivity index (χ2n) is 3.73. The first-order valence-corrected chi connectivity index (χ1v) is 5.82. The van der Waals surface area contributed by atoms with Crippen LogP contribution in [0, 0.1) is 6.92 Å². The van der Waals surface area contributed by atoms with Crippen molar-refractivity contribution in [1.29, 1.82) is 0 Å². The zero-order chi connectivity index (χ0) is 11.5. The van der Waals surface area contributed by atoms with E-state index >= 15 is 0 Å². The maximum Gasteiger partial charge on any atom is 0.220 e. The summed E-state index contributed by atoms with van der Waals surface area (Å²) >= 11 is 1.55. The first-order chi connectivity index (χ1) is 7.66. The van der Waals surface area contributed by atoms with Crippen LogP contribution in [0.3, 0.4) is 0 Å². The van der Waals surface area contributed by atoms with Gasteiger partial charge in [-0.05, 0) is 12.5 Å². The van der Waals surface area contributed by atoms with E-state index in [-0.39, 0.29) is 12.4 Å². The summed E-state index contributed by atoms with van der Waals surface area (Å²) in [4.78, 5) is 0. The largest absolute Gasteiger partial charge is 0.293 e. The molecule has 2 rings (SSSR count). The molecule has 0 fully saturated rings. The molecule has 1 aromatic heterocycles. The minimum Gasteiger partial charge on any atom is -0.293 e. The van der Waals surface area contributed by atoms with Gasteiger partial charge in [0.15, 0.2) is 0 Å². The van der Waals surface area contributed by atoms with Gasteiger partial charge in [0.1, 0.15) is 5.01 Å². The van der Waals surface area contributed by atoms with E-state index < -0.39 is 0 Å². The molecular formula is C11H15ClN4S. The second kappa shape index (κ2) is 5.95. The highest BCUT2D eigenvalue weighted by Crippen LogP contribution is 2.28. The van der Waals surface area contributed by atoms with Crippen molar-refractivity contribution >= 4 is 28.9 Å². The fourth-order valence-corrected chi connectivity index (χ4v) is 2.30. The molecule has 1 heterocycles. The van der Waals surface area contributed by atoms with Gasteiger partial charge in [-0.3, -0.25) is 5.43 Å². The average Bonchev–Trinajstić information content (AvgIpc) is 2.66. The van der Waals surface area contributed by atoms with Crippen molar-refractivity contribution in [3.8, 4) is 10.6 Å². The number of hydrogen-bond acceptors (Lipinski definition) is 5. The molecule has 0 spiro atoms. The predicted octanol–water partition coefficient (Wildman–Crippen LogP) is 2.82. The molecule has 0 amide bonds. The van der Waals surface area contributed by atoms with Gasteiger partial charge in [0.05, 0.1) is 0 Å². The fourth-order valence-electron chi connectivity index (χ4n) is 1.38. The van der Waals surface area contributed by atoms with Crippen LogP contribution in [0.2, 0.25) is 0 Å². The summed E-state index contributed by atoms with van der Waals surface area (Å²) < 4.78 is 0. The van der Waals surface area contributed by atoms with E-state index in [1.165, 1.54) is 5.56 Å². The Balaban J connectivity index is 0.00000144. The Labute approximate surface area is 111 Å². The molecule has 0 aliphatic rings. The van der Waals surface area contributed by atoms with Crippen LogP contribution >= 0.6 is 23.7 Å². The van der Waals surface area contributed by atoms with Crippen LogP contribution in [0.25, 0.3) is 10.6 Å². The van der Waals surface area contributed by atoms with E-state index in [0.717, 1.165) is 15.7 Å². The molecular weight excluding hydrogens is 256 g/mol. The monoisotopic (exact) mass is 270 g/mol. The number of aromatic nitrogens is 2. The predicted molar refractivity (Wildman–Crippen MR) is 74.6 cm³/mol. The molecule has 0 saturated carbocycles. The smallest absolute Gasteiger partial charge is 0.220 e. The van der Waals surface area contributed by atoms with Crippen LogP contribution in [0.1, 0.15) is 5.56 Å². The molecule has 0 bridgehead atoms. The van der Waals surface area contributed by atoms with Crippen LogP contribution in [0.15, 0.2) is 24.3 Å². The number of hydrazine groups is 1. The Morgan fingerprint density at radius 1 is 1.18 bits per heavy atom. The topological polar surface area (TPSA) is 41.1 Å². The SMILES string of the molecule is Cc1ccccc1-c1nnc(NN(C)C)s1.Cl. The molecule has 17 heavy (non-hydrogen) atoms. The minimum absolute atomic E-state index is 0. The van der Waals surface area contributed by atoms with Crippen molar-refractivity contribution in [2.24, 2.45) is 0 Å². The van der Waals surface area contributed by atoms with Crippen molar-refractivity contribution in [2.45, 2.75) is 6.92 Å². The molecule has 0 aliphatic heterocycles. The van der Waals surface area contributed by atoms with E-state index in [1.54, 1.807) is 11.3 Å². The van der Waals surface area contributed by atoms with Gasteiger partial charge in [-0.25, -0.2) is 5.01 Å². The summed E-state index contributed by atoms with van der Waals surface area (Å²) in [5.41, 5.74) is 5.46. The fraction of sp³-hybridized carbons (Fsp3) is 0.273. The summed E-state index contributed by atoms with van der Waals surface area (Å²) in [5, 5.41) is 11.9. The van der Waals surface area contributed by atoms with Gasteiger partial charge in [-0.2, -0.15) is 0 Å². The van der Waals surface area contributed by atoms with Gasteiger partial charge in [-0.1, -0.05) is 35.6 Å². The lowest BCUT2D eigenvalue weighted by Crippen LogP contribution is -2.19. The van der Waals surface area contributed by atoms with Gasteiger partial charge in [0.25, 0.3) is 0 Å². The van der Waals surface area contributed by atoms with Crippen LogP contribution < -0.4 is 5.43 Å². The van der Waals surface area contributed by atoms with E-state index in [0.29, 0.717) is 0 Å². The highest BCUT2D eigenvalue weighted by atomic mass is 35.5. The van der Waals surface area contributed by atoms with Crippen LogP contribution in [0.5, 0.6) is 0 Å². The highest BCUT2D eigenvalue weighted by molar-refractivity contribution is 7.18. The van der Waals surface area contributed by atoms with E-state index in [2.05, 4.69) is 34.7 Å². The molecule has 92 valence electrons. The standard InChI is InChI=1S/C11H14N4S.ClH/c1-8-6-4-5-7-9(8)10-12-13-11(16-10)14-15(2)3;/h4-7H,1-3H3,(H,13,14);1H. The lowest BCUT2D eigenvalue weighted by molar-refractivity contribution is 0.494. The molecule has 4 nitrogen and oxygen atoms in total. The average molecular weight is 271 g/mol. The Morgan fingerprint density at radius 3 is 2.53 bits per heavy atom. The number of anilines is 1. The molecule has 0 radical (unpaired) electrons. The van der Waals surface area contributed by atoms with Crippen molar-refractivity contribution in [1.82, 2.24) is 15.2 Å². The van der Waals surface area contributed by atoms with Crippen LogP contribution in [0.4, 0.5) is 5.13 Å². The number of aryl methyl sites for hydroxylation is 1. The third-order valence-corrected chi connectivity index (χ3v) is 2.98. The summed E-state index contributed by atoms with van der Waals surface area (Å²) in [7, 11) is 3.85. The molecule has 0 atom stereocenters. The highest BCUT2D eigenvalue weighted by Gasteiger charge is 2.08. The molecule has 0 saturated heterocycles. The zero-order valence-corrected chi connectivity index (χ0v) is 11.6. The third-order valence-electron chi connectivity index (χ3n) is 2.12. The van der Waals surface area contributed by atoms with Crippen LogP contribution in [-0.2, 0) is 0 Å². The molecule has 1 N–H and O–H groups in total. The number of hydrogen-bond donors (Lipinski definition) is 1. The van der Waals surface area contributed by atoms with Gasteiger partial charge < -0.3 is 0 Å². The maximum absolute atomic E-state index is 4.18. The molecule has 6 heteroatoms. The second-order valence-corrected chi connectivity index (χ2v) is 4.71. The number of halogens is 1. The van der Waals surface area contributed by atoms with Crippen LogP contribution in [-0.4, -0.2) is 29.3 Å². The summed E-state index contributed by atoms with van der Waals surface area (Å²) in [5.74, 6) is 0. The number of rotatable bonds is 3. The van der Waals surface area contributed by atoms with Gasteiger partial charge in [0.2, 0.25) is 5.13 Å². The Bertz CT molecular complexity index is 484. The normalized spacial score (nSPS) is 10.1. The zero-order valence-electron chi connectivity index (χ0n) is 9.97. The maximum atomic E-state index is 4.18. The summed E-state index contributed by atoms with van der Waals surface area (Å²) in [6, 6.07) is 8.19. The summed E-state index contributed by atoms with van der Waals surface area (Å²) in [6.45, 7) is 2.08. The Morgan fingerprint density at radius 2 is 1.88 bits per heavy atom. The van der Waals surface area contributed by atoms with Gasteiger partial charge in [-0.15, -0.1) is 22.6 Å². The minimum atomic E-state index is 0. The van der Waals surface area contributed by atoms with E-state index in [1.807, 2.05) is 31.2 Å². The van der Waals surface area contributed by atoms with Crippen molar-refractivity contribution < 1.29 is 0 Å². The molecule has 0 unspecified atom stereocenters. The van der Waals surface area contributed by atoms with E-state index in [4.69, 9.17) is 0 Å². The number of benzene rings is 1. The molecule has 0 aliphatic carbocycles.